The zero-order valence-electron chi connectivity index (χ0n) is 27.8. The van der Waals surface area contributed by atoms with Crippen molar-refractivity contribution in [1.82, 2.24) is 0 Å². The van der Waals surface area contributed by atoms with Gasteiger partial charge in [-0.1, -0.05) is 27.7 Å². The molecule has 0 aromatic carbocycles. The standard InChI is InChI=1S/C35H58O9/c1-29(2)22(43-28-25(40)24(39)20(38)16-42-28)9-11-35-17-34(35)13-12-31(5)27(33(7)10-8-23(44-33)30(3,4)41)19(37)15-32(31,6)21(34)14-18(36)26(29)35/h18-28,36-41H,8-17H2,1-7H3/t18-,19+,20-,21+,22-,23+,24-,25-,26-,27-,28-,31-,32+,33-,34+,35-/m1/s1. The molecule has 5 aliphatic carbocycles. The fraction of sp³-hybridized carbons (Fsp3) is 1.00. The summed E-state index contributed by atoms with van der Waals surface area (Å²) in [4.78, 5) is 0. The summed E-state index contributed by atoms with van der Waals surface area (Å²) in [6.07, 6.45) is 1.57. The fourth-order valence-corrected chi connectivity index (χ4v) is 13.4. The minimum absolute atomic E-state index is 0.00753. The summed E-state index contributed by atoms with van der Waals surface area (Å²) in [5.41, 5.74) is -2.01. The minimum Gasteiger partial charge on any atom is -0.393 e. The second kappa shape index (κ2) is 9.63. The van der Waals surface area contributed by atoms with Crippen LogP contribution < -0.4 is 0 Å². The lowest BCUT2D eigenvalue weighted by atomic mass is 9.41. The molecular weight excluding hydrogens is 564 g/mol. The summed E-state index contributed by atoms with van der Waals surface area (Å²) in [6.45, 7) is 14.8. The number of ether oxygens (including phenoxy) is 3. The third-order valence-corrected chi connectivity index (χ3v) is 15.5. The van der Waals surface area contributed by atoms with Crippen LogP contribution in [0.25, 0.3) is 0 Å². The van der Waals surface area contributed by atoms with E-state index < -0.39 is 53.4 Å². The Bertz CT molecular complexity index is 1160. The second-order valence-corrected chi connectivity index (χ2v) is 18.3. The van der Waals surface area contributed by atoms with Crippen LogP contribution in [0.5, 0.6) is 0 Å². The molecule has 9 nitrogen and oxygen atoms in total. The highest BCUT2D eigenvalue weighted by Gasteiger charge is 2.85. The molecule has 9 heteroatoms. The highest BCUT2D eigenvalue weighted by molar-refractivity contribution is 5.33. The van der Waals surface area contributed by atoms with Gasteiger partial charge in [0, 0.05) is 5.92 Å². The van der Waals surface area contributed by atoms with Gasteiger partial charge in [-0.3, -0.25) is 0 Å². The van der Waals surface area contributed by atoms with E-state index >= 15 is 0 Å². The summed E-state index contributed by atoms with van der Waals surface area (Å²) in [7, 11) is 0. The molecule has 0 unspecified atom stereocenters. The van der Waals surface area contributed by atoms with E-state index in [1.807, 2.05) is 13.8 Å². The lowest BCUT2D eigenvalue weighted by molar-refractivity contribution is -0.306. The van der Waals surface area contributed by atoms with E-state index in [0.29, 0.717) is 18.8 Å². The van der Waals surface area contributed by atoms with Crippen LogP contribution in [0.1, 0.15) is 106 Å². The first-order valence-electron chi connectivity index (χ1n) is 17.4. The lowest BCUT2D eigenvalue weighted by Gasteiger charge is -2.64. The molecule has 5 saturated carbocycles. The molecule has 0 aromatic heterocycles. The molecule has 16 atom stereocenters. The molecule has 7 aliphatic rings. The third-order valence-electron chi connectivity index (χ3n) is 15.5. The van der Waals surface area contributed by atoms with Crippen molar-refractivity contribution in [3.05, 3.63) is 0 Å². The van der Waals surface area contributed by atoms with Crippen molar-refractivity contribution >= 4 is 0 Å². The van der Waals surface area contributed by atoms with Gasteiger partial charge in [0.25, 0.3) is 0 Å². The van der Waals surface area contributed by atoms with Crippen LogP contribution in [0.4, 0.5) is 0 Å². The van der Waals surface area contributed by atoms with E-state index in [1.165, 1.54) is 0 Å². The van der Waals surface area contributed by atoms with Gasteiger partial charge in [0.1, 0.15) is 18.3 Å². The highest BCUT2D eigenvalue weighted by Crippen LogP contribution is 2.89. The zero-order valence-corrected chi connectivity index (χ0v) is 27.8. The normalized spacial score (nSPS) is 59.8. The topological polar surface area (TPSA) is 149 Å². The molecular formula is C35H58O9. The Balaban J connectivity index is 1.15. The van der Waals surface area contributed by atoms with E-state index in [1.54, 1.807) is 0 Å². The molecule has 6 N–H and O–H groups in total. The van der Waals surface area contributed by atoms with Crippen molar-refractivity contribution in [3.63, 3.8) is 0 Å². The Morgan fingerprint density at radius 1 is 0.750 bits per heavy atom. The zero-order chi connectivity index (χ0) is 32.0. The third kappa shape index (κ3) is 3.97. The Morgan fingerprint density at radius 2 is 1.45 bits per heavy atom. The quantitative estimate of drug-likeness (QED) is 0.260. The predicted molar refractivity (Wildman–Crippen MR) is 161 cm³/mol. The van der Waals surface area contributed by atoms with Gasteiger partial charge in [-0.15, -0.1) is 0 Å². The van der Waals surface area contributed by atoms with Crippen molar-refractivity contribution in [2.75, 3.05) is 6.61 Å². The van der Waals surface area contributed by atoms with Crippen LogP contribution >= 0.6 is 0 Å². The second-order valence-electron chi connectivity index (χ2n) is 18.3. The fourth-order valence-electron chi connectivity index (χ4n) is 13.4. The maximum atomic E-state index is 12.1. The highest BCUT2D eigenvalue weighted by atomic mass is 16.7. The van der Waals surface area contributed by atoms with Crippen LogP contribution in [0.3, 0.4) is 0 Å². The molecule has 2 aliphatic heterocycles. The van der Waals surface area contributed by atoms with Gasteiger partial charge >= 0.3 is 0 Å². The average molecular weight is 623 g/mol. The summed E-state index contributed by atoms with van der Waals surface area (Å²) in [6, 6.07) is 0. The average Bonchev–Trinajstić information content (AvgIpc) is 3.27. The van der Waals surface area contributed by atoms with E-state index in [4.69, 9.17) is 14.2 Å². The smallest absolute Gasteiger partial charge is 0.186 e. The van der Waals surface area contributed by atoms with Gasteiger partial charge in [-0.25, -0.2) is 0 Å². The van der Waals surface area contributed by atoms with Crippen LogP contribution in [-0.4, -0.2) is 97.5 Å². The number of aliphatic hydroxyl groups excluding tert-OH is 5. The molecule has 0 aromatic rings. The number of aliphatic hydroxyl groups is 6. The Morgan fingerprint density at radius 3 is 2.11 bits per heavy atom. The van der Waals surface area contributed by atoms with Crippen molar-refractivity contribution in [1.29, 1.82) is 0 Å². The van der Waals surface area contributed by atoms with Gasteiger partial charge in [-0.05, 0) is 117 Å². The largest absolute Gasteiger partial charge is 0.393 e. The molecule has 0 amide bonds. The first kappa shape index (κ1) is 32.2. The molecule has 7 rings (SSSR count). The molecule has 0 bridgehead atoms. The van der Waals surface area contributed by atoms with Crippen molar-refractivity contribution in [3.8, 4) is 0 Å². The molecule has 2 spiro atoms. The molecule has 2 saturated heterocycles. The molecule has 7 fully saturated rings. The predicted octanol–water partition coefficient (Wildman–Crippen LogP) is 2.90. The van der Waals surface area contributed by atoms with Gasteiger partial charge in [-0.2, -0.15) is 0 Å². The molecule has 0 radical (unpaired) electrons. The monoisotopic (exact) mass is 622 g/mol. The van der Waals surface area contributed by atoms with Crippen LogP contribution in [0.2, 0.25) is 0 Å². The molecule has 2 heterocycles. The van der Waals surface area contributed by atoms with Crippen molar-refractivity contribution in [2.24, 2.45) is 44.8 Å². The first-order chi connectivity index (χ1) is 20.3. The summed E-state index contributed by atoms with van der Waals surface area (Å²) < 4.78 is 18.7. The maximum Gasteiger partial charge on any atom is 0.186 e. The maximum absolute atomic E-state index is 12.1. The molecule has 44 heavy (non-hydrogen) atoms. The van der Waals surface area contributed by atoms with Gasteiger partial charge in [0.15, 0.2) is 6.29 Å². The molecule has 252 valence electrons. The Labute approximate surface area is 262 Å². The van der Waals surface area contributed by atoms with Crippen LogP contribution in [0, 0.1) is 44.8 Å². The summed E-state index contributed by atoms with van der Waals surface area (Å²) >= 11 is 0. The van der Waals surface area contributed by atoms with Gasteiger partial charge in [0.2, 0.25) is 0 Å². The van der Waals surface area contributed by atoms with Gasteiger partial charge < -0.3 is 44.8 Å². The summed E-state index contributed by atoms with van der Waals surface area (Å²) in [5.74, 6) is 0.285. The number of hydrogen-bond donors (Lipinski definition) is 6. The van der Waals surface area contributed by atoms with Gasteiger partial charge in [0.05, 0.1) is 42.2 Å². The van der Waals surface area contributed by atoms with Crippen molar-refractivity contribution < 1.29 is 44.8 Å². The van der Waals surface area contributed by atoms with Crippen LogP contribution in [0.15, 0.2) is 0 Å². The Kier molecular flexibility index (Phi) is 7.04. The Hall–Kier alpha value is -0.360. The first-order valence-corrected chi connectivity index (χ1v) is 17.4. The van der Waals surface area contributed by atoms with Crippen molar-refractivity contribution in [2.45, 2.75) is 166 Å². The minimum atomic E-state index is -1.33. The van der Waals surface area contributed by atoms with E-state index in [2.05, 4.69) is 34.6 Å². The summed E-state index contributed by atoms with van der Waals surface area (Å²) in [5, 5.41) is 65.5. The number of fused-ring (bicyclic) bond motifs is 2. The lowest BCUT2D eigenvalue weighted by Crippen LogP contribution is -2.63. The number of rotatable bonds is 4. The van der Waals surface area contributed by atoms with E-state index in [9.17, 15) is 30.6 Å². The van der Waals surface area contributed by atoms with E-state index in [0.717, 1.165) is 44.9 Å². The number of hydrogen-bond acceptors (Lipinski definition) is 9. The SMILES string of the molecule is CC(C)(O)[C@@H]1CC[C@](C)([C@@H]2[C@@H](O)C[C@@]3(C)[C@@H]4C[C@@H](O)[C@@H]5C(C)(C)[C@H](O[C@H]6OC[C@@H](O)[C@@H](O)[C@H]6O)CC[C@@]56C[C@@]46CC[C@]23C)O1. The van der Waals surface area contributed by atoms with E-state index in [-0.39, 0.29) is 52.3 Å². The van der Waals surface area contributed by atoms with Crippen LogP contribution in [-0.2, 0) is 14.2 Å².